The number of nitrogens with zero attached hydrogens (tertiary/aromatic N) is 1. The first-order chi connectivity index (χ1) is 18.9. The Kier molecular flexibility index (Phi) is 7.89. The van der Waals surface area contributed by atoms with E-state index in [1.54, 1.807) is 14.0 Å². The van der Waals surface area contributed by atoms with Crippen molar-refractivity contribution in [1.29, 1.82) is 0 Å². The van der Waals surface area contributed by atoms with E-state index in [1.165, 1.54) is 4.90 Å². The lowest BCUT2D eigenvalue weighted by molar-refractivity contribution is -0.168. The maximum atomic E-state index is 14.2. The molecule has 0 radical (unpaired) electrons. The predicted octanol–water partition coefficient (Wildman–Crippen LogP) is 5.70. The van der Waals surface area contributed by atoms with E-state index in [4.69, 9.17) is 14.2 Å². The van der Waals surface area contributed by atoms with E-state index in [-0.39, 0.29) is 25.0 Å². The van der Waals surface area contributed by atoms with Crippen LogP contribution in [0.2, 0.25) is 0 Å². The number of ether oxygens (including phenoxy) is 3. The summed E-state index contributed by atoms with van der Waals surface area (Å²) in [4.78, 5) is 28.5. The zero-order chi connectivity index (χ0) is 27.4. The Morgan fingerprint density at radius 2 is 1.67 bits per heavy atom. The van der Waals surface area contributed by atoms with Gasteiger partial charge in [0.2, 0.25) is 0 Å². The fraction of sp³-hybridized carbons (Fsp3) is 0.375. The van der Waals surface area contributed by atoms with E-state index in [0.717, 1.165) is 47.9 Å². The highest BCUT2D eigenvalue weighted by atomic mass is 16.5. The first-order valence-electron chi connectivity index (χ1n) is 13.5. The van der Waals surface area contributed by atoms with Crippen molar-refractivity contribution in [3.05, 3.63) is 95.1 Å². The number of carboxylic acid groups (broad SMARTS) is 1. The van der Waals surface area contributed by atoms with Gasteiger partial charge in [0.15, 0.2) is 17.6 Å². The molecule has 0 aromatic heterocycles. The number of methoxy groups -OCH3 is 1. The Bertz CT molecular complexity index is 1300. The summed E-state index contributed by atoms with van der Waals surface area (Å²) in [6.45, 7) is 2.04. The van der Waals surface area contributed by atoms with Gasteiger partial charge in [-0.2, -0.15) is 0 Å². The summed E-state index contributed by atoms with van der Waals surface area (Å²) < 4.78 is 18.2. The molecule has 1 aliphatic carbocycles. The summed E-state index contributed by atoms with van der Waals surface area (Å²) in [5, 5.41) is 10.5. The molecule has 1 N–H and O–H groups in total. The van der Waals surface area contributed by atoms with Crippen LogP contribution in [0.15, 0.2) is 72.8 Å². The standard InChI is InChI=1S/C32H35NO6/c1-32(31(35)36)19-26-24(17-18-27(37-2)29(26)38-21-22-11-5-3-6-12-22)20-33(32)30(34)28(23-13-7-4-8-14-23)39-25-15-9-10-16-25/h3-8,11-14,17-18,25,28H,9-10,15-16,19-21H2,1-2H3,(H,35,36)/t28-,32?/m0/s1. The van der Waals surface area contributed by atoms with Gasteiger partial charge in [-0.3, -0.25) is 4.79 Å². The molecule has 1 saturated carbocycles. The molecule has 2 aliphatic rings. The lowest BCUT2D eigenvalue weighted by Crippen LogP contribution is -2.59. The smallest absolute Gasteiger partial charge is 0.329 e. The Labute approximate surface area is 229 Å². The summed E-state index contributed by atoms with van der Waals surface area (Å²) in [6, 6.07) is 22.8. The summed E-state index contributed by atoms with van der Waals surface area (Å²) >= 11 is 0. The Hall–Kier alpha value is -3.84. The fourth-order valence-corrected chi connectivity index (χ4v) is 5.60. The number of aliphatic carboxylic acids is 1. The van der Waals surface area contributed by atoms with Crippen molar-refractivity contribution in [3.63, 3.8) is 0 Å². The fourth-order valence-electron chi connectivity index (χ4n) is 5.60. The molecule has 1 unspecified atom stereocenters. The number of fused-ring (bicyclic) bond motifs is 1. The van der Waals surface area contributed by atoms with E-state index in [1.807, 2.05) is 72.8 Å². The van der Waals surface area contributed by atoms with E-state index >= 15 is 0 Å². The molecule has 0 spiro atoms. The van der Waals surface area contributed by atoms with Crippen molar-refractivity contribution in [1.82, 2.24) is 4.90 Å². The number of carboxylic acids is 1. The molecule has 0 saturated heterocycles. The first kappa shape index (κ1) is 26.8. The van der Waals surface area contributed by atoms with Crippen LogP contribution in [0, 0.1) is 0 Å². The maximum absolute atomic E-state index is 14.2. The zero-order valence-electron chi connectivity index (χ0n) is 22.5. The summed E-state index contributed by atoms with van der Waals surface area (Å²) in [7, 11) is 1.57. The van der Waals surface area contributed by atoms with Crippen LogP contribution in [-0.2, 0) is 33.9 Å². The SMILES string of the molecule is COc1ccc2c(c1OCc1ccccc1)CC(C)(C(=O)O)N(C(=O)[C@@H](OC1CCCC1)c1ccccc1)C2. The number of hydrogen-bond donors (Lipinski definition) is 1. The summed E-state index contributed by atoms with van der Waals surface area (Å²) in [6.07, 6.45) is 3.12. The van der Waals surface area contributed by atoms with Crippen LogP contribution in [0.5, 0.6) is 11.5 Å². The molecule has 1 heterocycles. The first-order valence-corrected chi connectivity index (χ1v) is 13.5. The quantitative estimate of drug-likeness (QED) is 0.383. The summed E-state index contributed by atoms with van der Waals surface area (Å²) in [5.74, 6) is -0.374. The average Bonchev–Trinajstić information content (AvgIpc) is 3.48. The largest absolute Gasteiger partial charge is 0.493 e. The molecule has 7 heteroatoms. The molecule has 3 aromatic rings. The van der Waals surface area contributed by atoms with Gasteiger partial charge in [0.1, 0.15) is 12.1 Å². The molecule has 3 aromatic carbocycles. The molecule has 0 bridgehead atoms. The van der Waals surface area contributed by atoms with Crippen molar-refractivity contribution in [2.24, 2.45) is 0 Å². The van der Waals surface area contributed by atoms with E-state index in [9.17, 15) is 14.7 Å². The Morgan fingerprint density at radius 1 is 1.00 bits per heavy atom. The highest BCUT2D eigenvalue weighted by Crippen LogP contribution is 2.43. The lowest BCUT2D eigenvalue weighted by atomic mass is 9.82. The minimum Gasteiger partial charge on any atom is -0.493 e. The van der Waals surface area contributed by atoms with Gasteiger partial charge >= 0.3 is 5.97 Å². The van der Waals surface area contributed by atoms with Crippen LogP contribution >= 0.6 is 0 Å². The van der Waals surface area contributed by atoms with E-state index < -0.39 is 17.6 Å². The van der Waals surface area contributed by atoms with Crippen molar-refractivity contribution >= 4 is 11.9 Å². The van der Waals surface area contributed by atoms with Crippen LogP contribution in [-0.4, -0.2) is 40.6 Å². The molecule has 1 fully saturated rings. The molecule has 7 nitrogen and oxygen atoms in total. The Balaban J connectivity index is 1.50. The molecule has 5 rings (SSSR count). The third-order valence-corrected chi connectivity index (χ3v) is 7.90. The van der Waals surface area contributed by atoms with Crippen molar-refractivity contribution in [2.75, 3.05) is 7.11 Å². The highest BCUT2D eigenvalue weighted by Gasteiger charge is 2.49. The molecule has 204 valence electrons. The third-order valence-electron chi connectivity index (χ3n) is 7.90. The van der Waals surface area contributed by atoms with Gasteiger partial charge < -0.3 is 24.2 Å². The van der Waals surface area contributed by atoms with Crippen LogP contribution in [0.4, 0.5) is 0 Å². The topological polar surface area (TPSA) is 85.3 Å². The maximum Gasteiger partial charge on any atom is 0.329 e. The van der Waals surface area contributed by atoms with Crippen LogP contribution in [0.1, 0.15) is 61.0 Å². The van der Waals surface area contributed by atoms with Crippen molar-refractivity contribution < 1.29 is 28.9 Å². The zero-order valence-corrected chi connectivity index (χ0v) is 22.5. The monoisotopic (exact) mass is 529 g/mol. The van der Waals surface area contributed by atoms with Crippen molar-refractivity contribution in [3.8, 4) is 11.5 Å². The van der Waals surface area contributed by atoms with Gasteiger partial charge in [0.25, 0.3) is 5.91 Å². The number of carbonyl (C=O) groups excluding carboxylic acids is 1. The van der Waals surface area contributed by atoms with Crippen LogP contribution in [0.25, 0.3) is 0 Å². The second kappa shape index (κ2) is 11.5. The number of carbonyl (C=O) groups is 2. The van der Waals surface area contributed by atoms with Gasteiger partial charge in [-0.05, 0) is 42.5 Å². The van der Waals surface area contributed by atoms with Gasteiger partial charge in [0.05, 0.1) is 13.2 Å². The molecule has 1 aliphatic heterocycles. The minimum atomic E-state index is -1.51. The second-order valence-electron chi connectivity index (χ2n) is 10.5. The molecule has 1 amide bonds. The lowest BCUT2D eigenvalue weighted by Gasteiger charge is -2.44. The third kappa shape index (κ3) is 5.50. The van der Waals surface area contributed by atoms with E-state index in [2.05, 4.69) is 0 Å². The number of rotatable bonds is 9. The normalized spacial score (nSPS) is 19.8. The summed E-state index contributed by atoms with van der Waals surface area (Å²) in [5.41, 5.74) is 1.79. The predicted molar refractivity (Wildman–Crippen MR) is 147 cm³/mol. The van der Waals surface area contributed by atoms with Gasteiger partial charge in [-0.15, -0.1) is 0 Å². The Morgan fingerprint density at radius 3 is 2.31 bits per heavy atom. The molecule has 39 heavy (non-hydrogen) atoms. The molecular formula is C32H35NO6. The highest BCUT2D eigenvalue weighted by molar-refractivity contribution is 5.90. The average molecular weight is 530 g/mol. The van der Waals surface area contributed by atoms with Gasteiger partial charge in [-0.25, -0.2) is 4.79 Å². The van der Waals surface area contributed by atoms with Gasteiger partial charge in [0, 0.05) is 18.5 Å². The second-order valence-corrected chi connectivity index (χ2v) is 10.5. The number of hydrogen-bond acceptors (Lipinski definition) is 5. The van der Waals surface area contributed by atoms with E-state index in [0.29, 0.717) is 18.1 Å². The van der Waals surface area contributed by atoms with Crippen LogP contribution in [0.3, 0.4) is 0 Å². The van der Waals surface area contributed by atoms with Crippen molar-refractivity contribution in [2.45, 2.75) is 69.9 Å². The minimum absolute atomic E-state index is 0.0189. The number of benzene rings is 3. The van der Waals surface area contributed by atoms with Crippen LogP contribution < -0.4 is 9.47 Å². The van der Waals surface area contributed by atoms with Gasteiger partial charge in [-0.1, -0.05) is 79.6 Å². The molecule has 2 atom stereocenters. The number of amides is 1. The molecular weight excluding hydrogens is 494 g/mol.